The van der Waals surface area contributed by atoms with Crippen LogP contribution in [0.4, 0.5) is 0 Å². The first-order valence-electron chi connectivity index (χ1n) is 6.95. The number of benzene rings is 1. The van der Waals surface area contributed by atoms with E-state index in [9.17, 15) is 9.59 Å². The fraction of sp³-hybridized carbons (Fsp3) is 0.500. The van der Waals surface area contributed by atoms with Gasteiger partial charge in [0.25, 0.3) is 0 Å². The van der Waals surface area contributed by atoms with E-state index < -0.39 is 5.97 Å². The maximum absolute atomic E-state index is 11.5. The van der Waals surface area contributed by atoms with E-state index in [1.807, 2.05) is 18.7 Å². The monoisotopic (exact) mass is 293 g/mol. The molecule has 0 aliphatic rings. The topological polar surface area (TPSA) is 66.8 Å². The van der Waals surface area contributed by atoms with Crippen molar-refractivity contribution in [3.63, 3.8) is 0 Å². The van der Waals surface area contributed by atoms with Crippen LogP contribution in [-0.2, 0) is 11.3 Å². The molecule has 0 atom stereocenters. The molecule has 5 heteroatoms. The molecule has 0 saturated heterocycles. The molecule has 116 valence electrons. The molecule has 1 N–H and O–H groups in total. The summed E-state index contributed by atoms with van der Waals surface area (Å²) in [6.45, 7) is 6.66. The number of carbonyl (C=O) groups excluding carboxylic acids is 1. The average Bonchev–Trinajstić information content (AvgIpc) is 2.36. The normalized spacial score (nSPS) is 11.0. The molecular weight excluding hydrogens is 270 g/mol. The second-order valence-electron chi connectivity index (χ2n) is 5.54. The predicted octanol–water partition coefficient (Wildman–Crippen LogP) is 2.44. The number of Topliss-reactive ketones (excluding diaryl/α,β-unsaturated/α-hetero) is 1. The van der Waals surface area contributed by atoms with Gasteiger partial charge in [-0.15, -0.1) is 0 Å². The molecule has 21 heavy (non-hydrogen) atoms. The van der Waals surface area contributed by atoms with Crippen LogP contribution in [0.5, 0.6) is 5.75 Å². The number of carboxylic acid groups (broad SMARTS) is 1. The summed E-state index contributed by atoms with van der Waals surface area (Å²) in [6.07, 6.45) is 0. The standard InChI is InChI=1S/C16H23NO4/c1-11(2)8-17(10-16(19)20)9-14-7-13(12(3)18)5-6-15(14)21-4/h5-7,11H,8-10H2,1-4H3,(H,19,20). The van der Waals surface area contributed by atoms with Gasteiger partial charge >= 0.3 is 5.97 Å². The summed E-state index contributed by atoms with van der Waals surface area (Å²) in [6, 6.07) is 5.24. The van der Waals surface area contributed by atoms with Gasteiger partial charge in [-0.2, -0.15) is 0 Å². The van der Waals surface area contributed by atoms with E-state index in [-0.39, 0.29) is 12.3 Å². The zero-order valence-corrected chi connectivity index (χ0v) is 13.0. The van der Waals surface area contributed by atoms with Crippen LogP contribution in [0.25, 0.3) is 0 Å². The molecule has 0 radical (unpaired) electrons. The number of ketones is 1. The average molecular weight is 293 g/mol. The Morgan fingerprint density at radius 2 is 2.00 bits per heavy atom. The number of hydrogen-bond acceptors (Lipinski definition) is 4. The highest BCUT2D eigenvalue weighted by molar-refractivity contribution is 5.94. The van der Waals surface area contributed by atoms with E-state index in [2.05, 4.69) is 0 Å². The van der Waals surface area contributed by atoms with Crippen molar-refractivity contribution in [1.82, 2.24) is 4.90 Å². The first-order chi connectivity index (χ1) is 9.83. The van der Waals surface area contributed by atoms with Crippen molar-refractivity contribution < 1.29 is 19.4 Å². The number of rotatable bonds is 8. The van der Waals surface area contributed by atoms with Crippen LogP contribution in [-0.4, -0.2) is 42.0 Å². The molecule has 0 fully saturated rings. The molecule has 0 saturated carbocycles. The molecule has 0 aliphatic carbocycles. The second-order valence-corrected chi connectivity index (χ2v) is 5.54. The van der Waals surface area contributed by atoms with Gasteiger partial charge in [-0.05, 0) is 31.0 Å². The van der Waals surface area contributed by atoms with Gasteiger partial charge in [-0.1, -0.05) is 13.8 Å². The van der Waals surface area contributed by atoms with Crippen LogP contribution in [0.3, 0.4) is 0 Å². The third-order valence-corrected chi connectivity index (χ3v) is 3.06. The maximum Gasteiger partial charge on any atom is 0.317 e. The lowest BCUT2D eigenvalue weighted by Crippen LogP contribution is -2.32. The van der Waals surface area contributed by atoms with Crippen LogP contribution in [0.1, 0.15) is 36.7 Å². The summed E-state index contributed by atoms with van der Waals surface area (Å²) >= 11 is 0. The molecule has 0 heterocycles. The Balaban J connectivity index is 3.02. The quantitative estimate of drug-likeness (QED) is 0.746. The van der Waals surface area contributed by atoms with Crippen LogP contribution in [0.15, 0.2) is 18.2 Å². The van der Waals surface area contributed by atoms with E-state index >= 15 is 0 Å². The van der Waals surface area contributed by atoms with Crippen LogP contribution >= 0.6 is 0 Å². The van der Waals surface area contributed by atoms with E-state index in [1.165, 1.54) is 6.92 Å². The largest absolute Gasteiger partial charge is 0.496 e. The Hall–Kier alpha value is -1.88. The van der Waals surface area contributed by atoms with Gasteiger partial charge in [0.05, 0.1) is 13.7 Å². The Morgan fingerprint density at radius 1 is 1.33 bits per heavy atom. The number of carboxylic acids is 1. The third-order valence-electron chi connectivity index (χ3n) is 3.06. The minimum Gasteiger partial charge on any atom is -0.496 e. The van der Waals surface area contributed by atoms with Crippen molar-refractivity contribution in [3.8, 4) is 5.75 Å². The van der Waals surface area contributed by atoms with Gasteiger partial charge in [0.15, 0.2) is 5.78 Å². The summed E-state index contributed by atoms with van der Waals surface area (Å²) in [5, 5.41) is 9.02. The van der Waals surface area contributed by atoms with Gasteiger partial charge in [-0.3, -0.25) is 14.5 Å². The molecule has 0 aromatic heterocycles. The number of carbonyl (C=O) groups is 2. The summed E-state index contributed by atoms with van der Waals surface area (Å²) in [5.41, 5.74) is 1.43. The predicted molar refractivity (Wildman–Crippen MR) is 80.7 cm³/mol. The van der Waals surface area contributed by atoms with Crippen molar-refractivity contribution in [3.05, 3.63) is 29.3 Å². The van der Waals surface area contributed by atoms with Crippen molar-refractivity contribution >= 4 is 11.8 Å². The van der Waals surface area contributed by atoms with Crippen molar-refractivity contribution in [2.75, 3.05) is 20.2 Å². The van der Waals surface area contributed by atoms with Gasteiger partial charge in [0, 0.05) is 24.2 Å². The van der Waals surface area contributed by atoms with Gasteiger partial charge in [-0.25, -0.2) is 0 Å². The molecule has 0 amide bonds. The molecule has 1 aromatic rings. The highest BCUT2D eigenvalue weighted by Crippen LogP contribution is 2.22. The van der Waals surface area contributed by atoms with Crippen LogP contribution in [0.2, 0.25) is 0 Å². The van der Waals surface area contributed by atoms with E-state index in [1.54, 1.807) is 25.3 Å². The summed E-state index contributed by atoms with van der Waals surface area (Å²) in [4.78, 5) is 24.3. The van der Waals surface area contributed by atoms with Gasteiger partial charge in [0.1, 0.15) is 5.75 Å². The van der Waals surface area contributed by atoms with Crippen molar-refractivity contribution in [2.24, 2.45) is 5.92 Å². The maximum atomic E-state index is 11.5. The molecule has 0 unspecified atom stereocenters. The fourth-order valence-corrected chi connectivity index (χ4v) is 2.25. The lowest BCUT2D eigenvalue weighted by atomic mass is 10.1. The molecule has 0 spiro atoms. The zero-order valence-electron chi connectivity index (χ0n) is 13.0. The molecule has 1 aromatic carbocycles. The van der Waals surface area contributed by atoms with Crippen LogP contribution in [0, 0.1) is 5.92 Å². The minimum absolute atomic E-state index is 0.0208. The number of methoxy groups -OCH3 is 1. The fourth-order valence-electron chi connectivity index (χ4n) is 2.25. The highest BCUT2D eigenvalue weighted by Gasteiger charge is 2.15. The number of nitrogens with zero attached hydrogens (tertiary/aromatic N) is 1. The summed E-state index contributed by atoms with van der Waals surface area (Å²) < 4.78 is 5.31. The van der Waals surface area contributed by atoms with Crippen LogP contribution < -0.4 is 4.74 Å². The van der Waals surface area contributed by atoms with Gasteiger partial charge in [0.2, 0.25) is 0 Å². The van der Waals surface area contributed by atoms with E-state index in [0.29, 0.717) is 30.3 Å². The smallest absolute Gasteiger partial charge is 0.317 e. The Labute approximate surface area is 125 Å². The molecule has 1 rings (SSSR count). The molecule has 0 bridgehead atoms. The molecule has 5 nitrogen and oxygen atoms in total. The lowest BCUT2D eigenvalue weighted by Gasteiger charge is -2.23. The Kier molecular flexibility index (Phi) is 6.37. The zero-order chi connectivity index (χ0) is 16.0. The Morgan fingerprint density at radius 3 is 2.48 bits per heavy atom. The SMILES string of the molecule is COc1ccc(C(C)=O)cc1CN(CC(=O)O)CC(C)C. The summed E-state index contributed by atoms with van der Waals surface area (Å²) in [7, 11) is 1.57. The van der Waals surface area contributed by atoms with Crippen molar-refractivity contribution in [1.29, 1.82) is 0 Å². The van der Waals surface area contributed by atoms with E-state index in [4.69, 9.17) is 9.84 Å². The first-order valence-corrected chi connectivity index (χ1v) is 6.95. The Bertz CT molecular complexity index is 511. The number of hydrogen-bond donors (Lipinski definition) is 1. The third kappa shape index (κ3) is 5.55. The summed E-state index contributed by atoms with van der Waals surface area (Å²) in [5.74, 6) is 0.135. The van der Waals surface area contributed by atoms with E-state index in [0.717, 1.165) is 5.56 Å². The first kappa shape index (κ1) is 17.2. The highest BCUT2D eigenvalue weighted by atomic mass is 16.5. The minimum atomic E-state index is -0.864. The second kappa shape index (κ2) is 7.78. The van der Waals surface area contributed by atoms with Gasteiger partial charge < -0.3 is 9.84 Å². The molecular formula is C16H23NO4. The number of aliphatic carboxylic acids is 1. The molecule has 0 aliphatic heterocycles. The lowest BCUT2D eigenvalue weighted by molar-refractivity contribution is -0.138. The van der Waals surface area contributed by atoms with Crippen molar-refractivity contribution in [2.45, 2.75) is 27.3 Å². The number of ether oxygens (including phenoxy) is 1.